The van der Waals surface area contributed by atoms with E-state index in [0.29, 0.717) is 46.3 Å². The summed E-state index contributed by atoms with van der Waals surface area (Å²) in [5.74, 6) is 1.15. The fourth-order valence-electron chi connectivity index (χ4n) is 3.24. The summed E-state index contributed by atoms with van der Waals surface area (Å²) >= 11 is 4.77. The van der Waals surface area contributed by atoms with Crippen LogP contribution in [0.15, 0.2) is 46.4 Å². The van der Waals surface area contributed by atoms with Crippen LogP contribution in [0.25, 0.3) is 6.08 Å². The molecule has 0 atom stereocenters. The van der Waals surface area contributed by atoms with Crippen LogP contribution in [0.1, 0.15) is 43.8 Å². The first-order chi connectivity index (χ1) is 17.6. The highest BCUT2D eigenvalue weighted by Gasteiger charge is 2.16. The van der Waals surface area contributed by atoms with Crippen molar-refractivity contribution in [3.63, 3.8) is 0 Å². The van der Waals surface area contributed by atoms with Crippen molar-refractivity contribution in [1.82, 2.24) is 10.2 Å². The van der Waals surface area contributed by atoms with Crippen LogP contribution in [0.2, 0.25) is 0 Å². The number of nitrogens with one attached hydrogen (secondary N) is 1. The molecule has 8 nitrogen and oxygen atoms in total. The molecule has 3 rings (SSSR count). The normalized spacial score (nSPS) is 11.5. The van der Waals surface area contributed by atoms with E-state index in [-0.39, 0.29) is 11.0 Å². The largest absolute Gasteiger partial charge is 0.493 e. The summed E-state index contributed by atoms with van der Waals surface area (Å²) in [6, 6.07) is 13.4. The van der Waals surface area contributed by atoms with Crippen LogP contribution < -0.4 is 19.5 Å². The quantitative estimate of drug-likeness (QED) is 0.172. The molecule has 0 unspecified atom stereocenters. The molecule has 194 valence electrons. The summed E-state index contributed by atoms with van der Waals surface area (Å²) in [6.45, 7) is 9.09. The average molecular weight is 586 g/mol. The van der Waals surface area contributed by atoms with Crippen molar-refractivity contribution < 1.29 is 19.0 Å². The number of anilines is 1. The lowest BCUT2D eigenvalue weighted by Gasteiger charge is -2.19. The Morgan fingerprint density at radius 3 is 2.46 bits per heavy atom. The number of rotatable bonds is 10. The molecule has 2 aromatic carbocycles. The molecule has 0 fully saturated rings. The van der Waals surface area contributed by atoms with Gasteiger partial charge in [-0.05, 0) is 69.2 Å². The van der Waals surface area contributed by atoms with Crippen LogP contribution in [0, 0.1) is 11.3 Å². The Labute approximate surface area is 229 Å². The maximum absolute atomic E-state index is 12.6. The zero-order valence-corrected chi connectivity index (χ0v) is 23.8. The Balaban J connectivity index is 1.64. The van der Waals surface area contributed by atoms with Crippen LogP contribution in [-0.4, -0.2) is 36.4 Å². The molecule has 3 aromatic rings. The Bertz CT molecular complexity index is 1310. The number of hydrogen-bond donors (Lipinski definition) is 1. The van der Waals surface area contributed by atoms with Crippen molar-refractivity contribution >= 4 is 44.4 Å². The Morgan fingerprint density at radius 1 is 1.16 bits per heavy atom. The summed E-state index contributed by atoms with van der Waals surface area (Å²) in [5.41, 5.74) is 1.83. The first-order valence-corrected chi connectivity index (χ1v) is 13.2. The fourth-order valence-corrected chi connectivity index (χ4v) is 4.49. The molecule has 0 saturated heterocycles. The average Bonchev–Trinajstić information content (AvgIpc) is 3.32. The molecule has 10 heteroatoms. The number of carbonyl (C=O) groups excluding carboxylic acids is 1. The fraction of sp³-hybridized carbons (Fsp3) is 0.333. The van der Waals surface area contributed by atoms with Gasteiger partial charge in [-0.15, -0.1) is 10.2 Å². The number of nitrogens with zero attached hydrogens (tertiary/aromatic N) is 3. The van der Waals surface area contributed by atoms with E-state index in [2.05, 4.69) is 64.3 Å². The highest BCUT2D eigenvalue weighted by molar-refractivity contribution is 9.10. The minimum absolute atomic E-state index is 0.0817. The Morgan fingerprint density at radius 2 is 1.86 bits per heavy atom. The second-order valence-electron chi connectivity index (χ2n) is 8.98. The van der Waals surface area contributed by atoms with E-state index >= 15 is 0 Å². The molecule has 0 saturated carbocycles. The van der Waals surface area contributed by atoms with E-state index in [1.807, 2.05) is 25.1 Å². The van der Waals surface area contributed by atoms with Crippen LogP contribution in [0.5, 0.6) is 17.2 Å². The number of aromatic nitrogens is 2. The molecule has 0 spiro atoms. The van der Waals surface area contributed by atoms with Gasteiger partial charge in [0.15, 0.2) is 11.5 Å². The Kier molecular flexibility index (Phi) is 9.66. The number of halogens is 1. The zero-order valence-electron chi connectivity index (χ0n) is 21.4. The maximum atomic E-state index is 12.6. The topological polar surface area (TPSA) is 106 Å². The third-order valence-corrected chi connectivity index (χ3v) is 6.81. The lowest BCUT2D eigenvalue weighted by Crippen LogP contribution is -2.13. The third-order valence-electron chi connectivity index (χ3n) is 5.24. The van der Waals surface area contributed by atoms with Crippen molar-refractivity contribution in [3.8, 4) is 23.3 Å². The van der Waals surface area contributed by atoms with E-state index in [1.54, 1.807) is 12.1 Å². The van der Waals surface area contributed by atoms with E-state index < -0.39 is 5.91 Å². The summed E-state index contributed by atoms with van der Waals surface area (Å²) < 4.78 is 17.8. The van der Waals surface area contributed by atoms with Crippen LogP contribution in [0.4, 0.5) is 5.13 Å². The third kappa shape index (κ3) is 7.78. The standard InChI is InChI=1S/C27H29BrN4O4S/c1-6-23-31-32-26(37-23)30-25(33)18(16-29)13-17-14-21(28)24(22(15-17)34-5)36-12-11-35-20-9-7-19(8-10-20)27(2,3)4/h7-10,13-15H,6,11-12H2,1-5H3,(H,30,32,33)/b18-13-. The van der Waals surface area contributed by atoms with Crippen molar-refractivity contribution in [2.75, 3.05) is 25.6 Å². The predicted octanol–water partition coefficient (Wildman–Crippen LogP) is 6.17. The molecule has 0 aliphatic carbocycles. The van der Waals surface area contributed by atoms with Crippen LogP contribution >= 0.6 is 27.3 Å². The monoisotopic (exact) mass is 584 g/mol. The second-order valence-corrected chi connectivity index (χ2v) is 10.9. The zero-order chi connectivity index (χ0) is 27.0. The molecule has 0 aliphatic rings. The van der Waals surface area contributed by atoms with Gasteiger partial charge in [-0.25, -0.2) is 0 Å². The molecule has 1 amide bonds. The predicted molar refractivity (Wildman–Crippen MR) is 148 cm³/mol. The van der Waals surface area contributed by atoms with E-state index in [0.717, 1.165) is 10.8 Å². The number of carbonyl (C=O) groups is 1. The molecule has 1 aromatic heterocycles. The number of ether oxygens (including phenoxy) is 3. The summed E-state index contributed by atoms with van der Waals surface area (Å²) in [7, 11) is 1.52. The second kappa shape index (κ2) is 12.7. The van der Waals surface area contributed by atoms with E-state index in [9.17, 15) is 10.1 Å². The van der Waals surface area contributed by atoms with E-state index in [4.69, 9.17) is 14.2 Å². The molecular formula is C27H29BrN4O4S. The SMILES string of the molecule is CCc1nnc(NC(=O)/C(C#N)=C\c2cc(Br)c(OCCOc3ccc(C(C)(C)C)cc3)c(OC)c2)s1. The van der Waals surface area contributed by atoms with Crippen molar-refractivity contribution in [2.45, 2.75) is 39.5 Å². The molecular weight excluding hydrogens is 556 g/mol. The van der Waals surface area contributed by atoms with Gasteiger partial charge in [0.2, 0.25) is 5.13 Å². The number of benzene rings is 2. The number of hydrogen-bond acceptors (Lipinski definition) is 8. The smallest absolute Gasteiger partial charge is 0.268 e. The van der Waals surface area contributed by atoms with Gasteiger partial charge in [0.25, 0.3) is 5.91 Å². The first-order valence-electron chi connectivity index (χ1n) is 11.6. The van der Waals surface area contributed by atoms with Crippen LogP contribution in [-0.2, 0) is 16.6 Å². The number of amides is 1. The molecule has 0 bridgehead atoms. The van der Waals surface area contributed by atoms with Gasteiger partial charge in [0.05, 0.1) is 11.6 Å². The van der Waals surface area contributed by atoms with Gasteiger partial charge in [0.1, 0.15) is 35.6 Å². The lowest BCUT2D eigenvalue weighted by molar-refractivity contribution is -0.112. The van der Waals surface area contributed by atoms with Gasteiger partial charge in [-0.2, -0.15) is 5.26 Å². The maximum Gasteiger partial charge on any atom is 0.268 e. The highest BCUT2D eigenvalue weighted by atomic mass is 79.9. The van der Waals surface area contributed by atoms with Gasteiger partial charge in [-0.1, -0.05) is 51.2 Å². The van der Waals surface area contributed by atoms with Crippen molar-refractivity contribution in [2.24, 2.45) is 0 Å². The van der Waals surface area contributed by atoms with Crippen molar-refractivity contribution in [3.05, 3.63) is 62.6 Å². The van der Waals surface area contributed by atoms with Gasteiger partial charge >= 0.3 is 0 Å². The summed E-state index contributed by atoms with van der Waals surface area (Å²) in [4.78, 5) is 12.6. The number of methoxy groups -OCH3 is 1. The first kappa shape index (κ1) is 28.2. The van der Waals surface area contributed by atoms with Gasteiger partial charge < -0.3 is 14.2 Å². The lowest BCUT2D eigenvalue weighted by atomic mass is 9.87. The highest BCUT2D eigenvalue weighted by Crippen LogP contribution is 2.37. The van der Waals surface area contributed by atoms with E-state index in [1.165, 1.54) is 30.1 Å². The molecule has 0 aliphatic heterocycles. The number of aryl methyl sites for hydroxylation is 1. The van der Waals surface area contributed by atoms with Crippen molar-refractivity contribution in [1.29, 1.82) is 5.26 Å². The molecule has 37 heavy (non-hydrogen) atoms. The molecule has 0 radical (unpaired) electrons. The van der Waals surface area contributed by atoms with Gasteiger partial charge in [0, 0.05) is 0 Å². The summed E-state index contributed by atoms with van der Waals surface area (Å²) in [5, 5.41) is 21.2. The Hall–Kier alpha value is -3.42. The summed E-state index contributed by atoms with van der Waals surface area (Å²) in [6.07, 6.45) is 2.19. The minimum Gasteiger partial charge on any atom is -0.493 e. The molecule has 1 heterocycles. The van der Waals surface area contributed by atoms with Crippen LogP contribution in [0.3, 0.4) is 0 Å². The van der Waals surface area contributed by atoms with Gasteiger partial charge in [-0.3, -0.25) is 10.1 Å². The minimum atomic E-state index is -0.565. The molecule has 1 N–H and O–H groups in total. The number of nitriles is 1.